The molecule has 0 aliphatic carbocycles. The van der Waals surface area contributed by atoms with Crippen LogP contribution in [0.15, 0.2) is 50.4 Å². The minimum atomic E-state index is -4.93. The molecule has 748 valence electrons. The monoisotopic (exact) mass is 2150 g/mol. The van der Waals surface area contributed by atoms with Gasteiger partial charge in [0.05, 0.1) is 135 Å². The van der Waals surface area contributed by atoms with Crippen molar-refractivity contribution >= 4 is 170 Å². The molecule has 4 aliphatic heterocycles. The second kappa shape index (κ2) is 47.0. The Morgan fingerprint density at radius 1 is 0.421 bits per heavy atom. The Kier molecular flexibility index (Phi) is 38.5. The van der Waals surface area contributed by atoms with Crippen LogP contribution in [-0.2, 0) is 175 Å². The van der Waals surface area contributed by atoms with Crippen LogP contribution in [0.2, 0.25) is 0 Å². The minimum Gasteiger partial charge on any atom is -0.383 e. The fourth-order valence-corrected chi connectivity index (χ4v) is 23.7. The fourth-order valence-electron chi connectivity index (χ4n) is 13.3. The molecule has 22 atom stereocenters. The number of imidazole rings is 3. The van der Waals surface area contributed by atoms with Crippen LogP contribution in [0.3, 0.4) is 0 Å². The molecule has 59 nitrogen and oxygen atoms in total. The molecule has 11 rings (SSSR count). The highest BCUT2D eigenvalue weighted by molar-refractivity contribution is 8.08. The Bertz CT molecular complexity index is 5890. The normalized spacial score (nSPS) is 26.1. The first kappa shape index (κ1) is 109. The number of nitrogens with two attached hydrogens (primary N) is 4. The number of hydrogen-bond acceptors (Lipinski definition) is 47. The number of methoxy groups -OCH3 is 1. The molecule has 0 spiro atoms. The maximum Gasteiger partial charge on any atom is 0.472 e. The van der Waals surface area contributed by atoms with Crippen molar-refractivity contribution < 1.29 is 172 Å². The summed E-state index contributed by atoms with van der Waals surface area (Å²) >= 11 is 21.7. The van der Waals surface area contributed by atoms with Crippen molar-refractivity contribution in [2.24, 2.45) is 5.92 Å². The van der Waals surface area contributed by atoms with Crippen LogP contribution < -0.4 is 45.3 Å². The van der Waals surface area contributed by atoms with Gasteiger partial charge in [0, 0.05) is 32.6 Å². The number of ether oxygens (including phenoxy) is 5. The van der Waals surface area contributed by atoms with Crippen molar-refractivity contribution in [1.29, 1.82) is 0 Å². The van der Waals surface area contributed by atoms with E-state index in [4.69, 9.17) is 175 Å². The number of H-pyrrole nitrogens is 3. The Morgan fingerprint density at radius 3 is 1.08 bits per heavy atom. The highest BCUT2D eigenvalue weighted by Gasteiger charge is 2.52. The third-order valence-electron chi connectivity index (χ3n) is 18.8. The first-order chi connectivity index (χ1) is 62.4. The lowest BCUT2D eigenvalue weighted by molar-refractivity contribution is -0.0625. The summed E-state index contributed by atoms with van der Waals surface area (Å²) in [4.78, 5) is 184. The van der Waals surface area contributed by atoms with E-state index in [0.717, 1.165) is 4.57 Å². The maximum absolute atomic E-state index is 12.9. The highest BCUT2D eigenvalue weighted by Crippen LogP contribution is 2.57. The van der Waals surface area contributed by atoms with E-state index in [1.165, 1.54) is 52.1 Å². The summed E-state index contributed by atoms with van der Waals surface area (Å²) in [7, 11) is -22.9. The molecule has 0 bridgehead atoms. The smallest absolute Gasteiger partial charge is 0.383 e. The molecule has 4 saturated heterocycles. The summed E-state index contributed by atoms with van der Waals surface area (Å²) in [6.07, 6.45) is -11.9. The second-order valence-electron chi connectivity index (χ2n) is 29.7. The number of hydrogen-bond donors (Lipinski definition) is 16. The van der Waals surface area contributed by atoms with Gasteiger partial charge in [-0.3, -0.25) is 97.4 Å². The molecule has 0 saturated carbocycles. The molecular formula is C61H99N18O41P9S4. The summed E-state index contributed by atoms with van der Waals surface area (Å²) in [5.74, 6) is -0.772. The number of phosphoric acid groups is 5. The van der Waals surface area contributed by atoms with E-state index in [2.05, 4.69) is 49.8 Å². The van der Waals surface area contributed by atoms with Crippen LogP contribution in [0.4, 0.5) is 23.7 Å². The summed E-state index contributed by atoms with van der Waals surface area (Å²) < 4.78 is 194. The molecule has 72 heteroatoms. The van der Waals surface area contributed by atoms with Crippen molar-refractivity contribution in [2.45, 2.75) is 171 Å². The van der Waals surface area contributed by atoms with E-state index in [-0.39, 0.29) is 114 Å². The number of fused-ring (bicyclic) bond motifs is 3. The van der Waals surface area contributed by atoms with Gasteiger partial charge in [0.1, 0.15) is 55.0 Å². The summed E-state index contributed by atoms with van der Waals surface area (Å²) in [5, 5.41) is 0. The van der Waals surface area contributed by atoms with Gasteiger partial charge in [-0.25, -0.2) is 42.6 Å². The van der Waals surface area contributed by atoms with Crippen LogP contribution in [0.1, 0.15) is 110 Å². The maximum atomic E-state index is 12.9. The lowest BCUT2D eigenvalue weighted by Gasteiger charge is -2.28. The average Bonchev–Trinajstić information content (AvgIpc) is 1.64. The third-order valence-corrected chi connectivity index (χ3v) is 30.4. The SMILES string of the molecule is COC1[C@@H](OP(O)(=S)OC(C)C)[C@@H](COP(=O)(O)OCCCOP(=O)(O)OCCCOP(=O)(O)OCCCOP(=O)(O)OCCCOP(=O)(O)OCCCOP(O)(=S)O[C@@H]2C[C@H](n3cnc4c(=O)[nH]c(N)nc43)O[C@@H]2COP(O)(=S)O[C@@H]2C[C@H](n3cnc4c(=O)[nH]c(N)nc43)O[C@@H]2COP(O)(=S)O[C@@H]2C[C@H](n3cnc4c(=O)[nH]c(N)nc43)O[C@@H]2CC(C)C)O[C@H]1n1ccc(N)nc1=O. The largest absolute Gasteiger partial charge is 0.472 e. The third kappa shape index (κ3) is 32.1. The molecule has 7 aromatic heterocycles. The Balaban J connectivity index is 0.575. The summed E-state index contributed by atoms with van der Waals surface area (Å²) in [6.45, 7) is -17.8. The topological polar surface area (TPSA) is 809 Å². The van der Waals surface area contributed by atoms with E-state index >= 15 is 0 Å². The number of aromatic amines is 3. The number of nitrogen functional groups attached to an aromatic ring is 4. The number of nitrogens with one attached hydrogen (secondary N) is 3. The van der Waals surface area contributed by atoms with Crippen molar-refractivity contribution in [3.8, 4) is 0 Å². The van der Waals surface area contributed by atoms with E-state index in [9.17, 15) is 86.0 Å². The first-order valence-corrected chi connectivity index (χ1v) is 57.6. The number of rotatable bonds is 56. The van der Waals surface area contributed by atoms with Gasteiger partial charge in [-0.1, -0.05) is 13.8 Å². The van der Waals surface area contributed by atoms with Crippen LogP contribution in [0.5, 0.6) is 0 Å². The van der Waals surface area contributed by atoms with Gasteiger partial charge in [0.25, 0.3) is 16.7 Å². The zero-order chi connectivity index (χ0) is 97.0. The van der Waals surface area contributed by atoms with Crippen LogP contribution >= 0.6 is 66.0 Å². The Labute approximate surface area is 772 Å². The zero-order valence-electron chi connectivity index (χ0n) is 70.6. The van der Waals surface area contributed by atoms with Gasteiger partial charge >= 0.3 is 71.7 Å². The van der Waals surface area contributed by atoms with Crippen LogP contribution in [0.25, 0.3) is 33.5 Å². The predicted molar refractivity (Wildman–Crippen MR) is 472 cm³/mol. The van der Waals surface area contributed by atoms with Gasteiger partial charge in [-0.2, -0.15) is 19.9 Å². The minimum absolute atomic E-state index is 0.00212. The van der Waals surface area contributed by atoms with Gasteiger partial charge in [0.2, 0.25) is 17.8 Å². The van der Waals surface area contributed by atoms with E-state index < -0.39 is 260 Å². The van der Waals surface area contributed by atoms with Crippen molar-refractivity contribution in [3.05, 3.63) is 72.8 Å². The molecule has 0 radical (unpaired) electrons. The molecule has 0 amide bonds. The van der Waals surface area contributed by atoms with Crippen LogP contribution in [0, 0.1) is 5.92 Å². The summed E-state index contributed by atoms with van der Waals surface area (Å²) in [5.41, 5.74) is 20.3. The fraction of sp³-hybridized carbons (Fsp3) is 0.689. The molecule has 4 fully saturated rings. The Hall–Kier alpha value is -4.40. The van der Waals surface area contributed by atoms with Crippen molar-refractivity contribution in [2.75, 3.05) is 116 Å². The number of anilines is 4. The molecule has 133 heavy (non-hydrogen) atoms. The quantitative estimate of drug-likeness (QED) is 0.0192. The molecule has 11 heterocycles. The van der Waals surface area contributed by atoms with Crippen molar-refractivity contribution in [3.63, 3.8) is 0 Å². The highest BCUT2D eigenvalue weighted by atomic mass is 32.5. The molecule has 0 aromatic carbocycles. The molecule has 7 aromatic rings. The lowest BCUT2D eigenvalue weighted by Crippen LogP contribution is -2.39. The number of nitrogens with zero attached hydrogens (tertiary/aromatic N) is 11. The van der Waals surface area contributed by atoms with E-state index in [1.54, 1.807) is 13.8 Å². The second-order valence-corrected chi connectivity index (χ2v) is 48.1. The summed E-state index contributed by atoms with van der Waals surface area (Å²) in [6, 6.07) is 1.29. The van der Waals surface area contributed by atoms with Gasteiger partial charge in [-0.15, -0.1) is 0 Å². The zero-order valence-corrected chi connectivity index (χ0v) is 81.9. The molecule has 4 aliphatic rings. The molecular weight excluding hydrogens is 2050 g/mol. The van der Waals surface area contributed by atoms with E-state index in [1.807, 2.05) is 13.8 Å². The van der Waals surface area contributed by atoms with Crippen LogP contribution in [-0.4, -0.2) is 266 Å². The number of phosphoric ester groups is 5. The molecule has 20 N–H and O–H groups in total. The number of aromatic nitrogens is 14. The van der Waals surface area contributed by atoms with E-state index in [0.29, 0.717) is 6.42 Å². The van der Waals surface area contributed by atoms with Crippen molar-refractivity contribution in [1.82, 2.24) is 68.1 Å². The average molecular weight is 2150 g/mol. The van der Waals surface area contributed by atoms with Gasteiger partial charge in [0.15, 0.2) is 39.7 Å². The van der Waals surface area contributed by atoms with Gasteiger partial charge < -0.3 is 122 Å². The Morgan fingerprint density at radius 2 is 0.744 bits per heavy atom. The first-order valence-electron chi connectivity index (χ1n) is 39.8. The standard InChI is InChI=1S/C61H99N18O41P9S4/c1-33(2)23-35-36(24-43(112-35)77-30-66-46-51(77)70-58(63)73-54(46)80)117-127(95,131)110-28-40-38(26-45(114-40)79-32-68-48-53(79)72-60(65)75-56(48)82)119-128(96,132)111-27-39-37(25-44(113-39)78-31-67-47-52(78)71-59(64)74-55(47)81)118-126(94,130)108-22-10-21-106-124(90,91)104-18-8-17-102-122(86,87)100-14-6-13-99-121(84,85)101-15-7-16-103-123(88,89)105-19-9-20-107-125(92,93)109-29-41-49(120-129(97,133)116-34(3)4)50(98-5)57(115-41)76-12-11-42(62)69-61(76)83/h11-12,30-41,43-45,49-50,57H,6-10,13-29H2,1-5H3,(H,84,85)(H,86,87)(H,88,89)(H,90,91)(H,92,93)(H,94,130)(H,95,131)(H,96,132)(H,97,133)(H2,62,69,83)(H3,63,70,73,80)(H3,64,71,74,81)(H3,65,72,75,82)/t35-,36-,37-,38-,39-,40-,41-,43-,44-,45-,49+,50?,57-,126?,127?,128?,129?/m1/s1. The van der Waals surface area contributed by atoms with Gasteiger partial charge in [-0.05, 0) is 112 Å². The predicted octanol–water partition coefficient (Wildman–Crippen LogP) is 3.29. The lowest BCUT2D eigenvalue weighted by atomic mass is 10.0. The molecule has 10 unspecified atom stereocenters.